The van der Waals surface area contributed by atoms with Gasteiger partial charge in [0.1, 0.15) is 16.4 Å². The number of anilines is 2. The standard InChI is InChI=1S/C10H8ClFN4O2S/c11-7-2-1-3-8(12)9(7)16-19(17,18)6-4-14-10(13)15-5-6/h1-5,16H,(H2,13,14,15). The van der Waals surface area contributed by atoms with Crippen LogP contribution in [0.25, 0.3) is 0 Å². The highest BCUT2D eigenvalue weighted by molar-refractivity contribution is 7.92. The molecule has 19 heavy (non-hydrogen) atoms. The maximum Gasteiger partial charge on any atom is 0.265 e. The van der Waals surface area contributed by atoms with Gasteiger partial charge in [-0.3, -0.25) is 4.72 Å². The summed E-state index contributed by atoms with van der Waals surface area (Å²) >= 11 is 5.73. The molecular weight excluding hydrogens is 295 g/mol. The SMILES string of the molecule is Nc1ncc(S(=O)(=O)Nc2c(F)cccc2Cl)cn1. The van der Waals surface area contributed by atoms with Crippen LogP contribution in [0.1, 0.15) is 0 Å². The van der Waals surface area contributed by atoms with Gasteiger partial charge in [-0.1, -0.05) is 17.7 Å². The molecule has 2 aromatic rings. The van der Waals surface area contributed by atoms with Gasteiger partial charge in [-0.25, -0.2) is 22.8 Å². The van der Waals surface area contributed by atoms with Crippen molar-refractivity contribution >= 4 is 33.3 Å². The van der Waals surface area contributed by atoms with E-state index in [9.17, 15) is 12.8 Å². The second-order valence-corrected chi connectivity index (χ2v) is 5.57. The highest BCUT2D eigenvalue weighted by Crippen LogP contribution is 2.26. The normalized spacial score (nSPS) is 11.3. The number of halogens is 2. The zero-order chi connectivity index (χ0) is 14.0. The summed E-state index contributed by atoms with van der Waals surface area (Å²) in [6.07, 6.45) is 2.03. The number of benzene rings is 1. The molecule has 0 aliphatic rings. The fourth-order valence-electron chi connectivity index (χ4n) is 1.25. The quantitative estimate of drug-likeness (QED) is 0.898. The first kappa shape index (κ1) is 13.5. The van der Waals surface area contributed by atoms with Gasteiger partial charge in [0.15, 0.2) is 0 Å². The molecule has 0 amide bonds. The second kappa shape index (κ2) is 4.98. The van der Waals surface area contributed by atoms with E-state index < -0.39 is 15.8 Å². The monoisotopic (exact) mass is 302 g/mol. The third-order valence-electron chi connectivity index (χ3n) is 2.16. The fraction of sp³-hybridized carbons (Fsp3) is 0. The summed E-state index contributed by atoms with van der Waals surface area (Å²) in [7, 11) is -4.03. The molecule has 0 atom stereocenters. The number of hydrogen-bond acceptors (Lipinski definition) is 5. The van der Waals surface area contributed by atoms with E-state index in [2.05, 4.69) is 9.97 Å². The predicted molar refractivity (Wildman–Crippen MR) is 68.7 cm³/mol. The summed E-state index contributed by atoms with van der Waals surface area (Å²) in [4.78, 5) is 6.86. The molecule has 0 unspecified atom stereocenters. The topological polar surface area (TPSA) is 98.0 Å². The summed E-state index contributed by atoms with van der Waals surface area (Å²) in [5, 5.41) is -0.0556. The van der Waals surface area contributed by atoms with Crippen molar-refractivity contribution in [3.05, 3.63) is 41.4 Å². The molecule has 0 aliphatic heterocycles. The first-order chi connectivity index (χ1) is 8.90. The molecule has 1 aromatic heterocycles. The minimum Gasteiger partial charge on any atom is -0.368 e. The molecule has 3 N–H and O–H groups in total. The number of nitrogen functional groups attached to an aromatic ring is 1. The van der Waals surface area contributed by atoms with Crippen LogP contribution in [0.3, 0.4) is 0 Å². The Morgan fingerprint density at radius 3 is 2.47 bits per heavy atom. The Labute approximate surface area is 113 Å². The van der Waals surface area contributed by atoms with Gasteiger partial charge < -0.3 is 5.73 Å². The molecule has 0 saturated carbocycles. The Kier molecular flexibility index (Phi) is 3.54. The molecule has 100 valence electrons. The third kappa shape index (κ3) is 2.91. The Morgan fingerprint density at radius 1 is 1.26 bits per heavy atom. The molecule has 0 fully saturated rings. The van der Waals surface area contributed by atoms with Gasteiger partial charge >= 0.3 is 0 Å². The van der Waals surface area contributed by atoms with Crippen molar-refractivity contribution in [3.8, 4) is 0 Å². The average molecular weight is 303 g/mol. The summed E-state index contributed by atoms with van der Waals surface area (Å²) in [6.45, 7) is 0. The number of sulfonamides is 1. The smallest absolute Gasteiger partial charge is 0.265 e. The number of nitrogens with two attached hydrogens (primary N) is 1. The molecule has 0 radical (unpaired) electrons. The highest BCUT2D eigenvalue weighted by Gasteiger charge is 2.19. The summed E-state index contributed by atoms with van der Waals surface area (Å²) in [5.41, 5.74) is 4.92. The van der Waals surface area contributed by atoms with Gasteiger partial charge in [0.25, 0.3) is 10.0 Å². The highest BCUT2D eigenvalue weighted by atomic mass is 35.5. The van der Waals surface area contributed by atoms with Gasteiger partial charge in [-0.05, 0) is 12.1 Å². The van der Waals surface area contributed by atoms with E-state index in [1.807, 2.05) is 4.72 Å². The van der Waals surface area contributed by atoms with Crippen LogP contribution in [0.15, 0.2) is 35.5 Å². The molecule has 2 rings (SSSR count). The number of rotatable bonds is 3. The molecular formula is C10H8ClFN4O2S. The van der Waals surface area contributed by atoms with Crippen LogP contribution >= 0.6 is 11.6 Å². The van der Waals surface area contributed by atoms with E-state index in [4.69, 9.17) is 17.3 Å². The Morgan fingerprint density at radius 2 is 1.89 bits per heavy atom. The van der Waals surface area contributed by atoms with Gasteiger partial charge in [0.2, 0.25) is 5.95 Å². The number of nitrogens with one attached hydrogen (secondary N) is 1. The van der Waals surface area contributed by atoms with Gasteiger partial charge in [0.05, 0.1) is 17.4 Å². The van der Waals surface area contributed by atoms with Crippen LogP contribution in [-0.4, -0.2) is 18.4 Å². The van der Waals surface area contributed by atoms with Gasteiger partial charge in [0, 0.05) is 0 Å². The predicted octanol–water partition coefficient (Wildman–Crippen LogP) is 1.65. The lowest BCUT2D eigenvalue weighted by Gasteiger charge is -2.09. The van der Waals surface area contributed by atoms with E-state index in [1.54, 1.807) is 0 Å². The first-order valence-electron chi connectivity index (χ1n) is 4.94. The van der Waals surface area contributed by atoms with Crippen LogP contribution < -0.4 is 10.5 Å². The number of hydrogen-bond donors (Lipinski definition) is 2. The van der Waals surface area contributed by atoms with Crippen LogP contribution in [0.4, 0.5) is 16.0 Å². The lowest BCUT2D eigenvalue weighted by molar-refractivity contribution is 0.597. The van der Waals surface area contributed by atoms with Crippen molar-refractivity contribution in [1.82, 2.24) is 9.97 Å². The van der Waals surface area contributed by atoms with Crippen molar-refractivity contribution in [3.63, 3.8) is 0 Å². The van der Waals surface area contributed by atoms with Crippen molar-refractivity contribution in [2.45, 2.75) is 4.90 Å². The van der Waals surface area contributed by atoms with Crippen molar-refractivity contribution in [1.29, 1.82) is 0 Å². The molecule has 0 saturated heterocycles. The average Bonchev–Trinajstić information content (AvgIpc) is 2.35. The van der Waals surface area contributed by atoms with Crippen molar-refractivity contribution < 1.29 is 12.8 Å². The van der Waals surface area contributed by atoms with E-state index >= 15 is 0 Å². The molecule has 9 heteroatoms. The number of para-hydroxylation sites is 1. The second-order valence-electron chi connectivity index (χ2n) is 3.48. The Hall–Kier alpha value is -1.93. The van der Waals surface area contributed by atoms with E-state index in [-0.39, 0.29) is 21.6 Å². The third-order valence-corrected chi connectivity index (χ3v) is 3.78. The van der Waals surface area contributed by atoms with Crippen molar-refractivity contribution in [2.24, 2.45) is 0 Å². The summed E-state index contributed by atoms with van der Waals surface area (Å²) in [6, 6.07) is 3.81. The zero-order valence-electron chi connectivity index (χ0n) is 9.34. The molecule has 0 aliphatic carbocycles. The number of nitrogens with zero attached hydrogens (tertiary/aromatic N) is 2. The molecule has 1 heterocycles. The lowest BCUT2D eigenvalue weighted by Crippen LogP contribution is -2.15. The summed E-state index contributed by atoms with van der Waals surface area (Å²) in [5.74, 6) is -0.852. The van der Waals surface area contributed by atoms with E-state index in [0.29, 0.717) is 0 Å². The van der Waals surface area contributed by atoms with Crippen molar-refractivity contribution in [2.75, 3.05) is 10.5 Å². The fourth-order valence-corrected chi connectivity index (χ4v) is 2.50. The lowest BCUT2D eigenvalue weighted by atomic mass is 10.3. The van der Waals surface area contributed by atoms with Gasteiger partial charge in [-0.2, -0.15) is 0 Å². The van der Waals surface area contributed by atoms with E-state index in [0.717, 1.165) is 18.5 Å². The Balaban J connectivity index is 2.39. The van der Waals surface area contributed by atoms with Gasteiger partial charge in [-0.15, -0.1) is 0 Å². The summed E-state index contributed by atoms with van der Waals surface area (Å²) < 4.78 is 39.5. The molecule has 0 spiro atoms. The Bertz CT molecular complexity index is 686. The van der Waals surface area contributed by atoms with Crippen LogP contribution in [-0.2, 0) is 10.0 Å². The molecule has 0 bridgehead atoms. The minimum atomic E-state index is -4.03. The zero-order valence-corrected chi connectivity index (χ0v) is 10.9. The van der Waals surface area contributed by atoms with Crippen LogP contribution in [0.2, 0.25) is 5.02 Å². The minimum absolute atomic E-state index is 0.0556. The maximum absolute atomic E-state index is 13.5. The first-order valence-corrected chi connectivity index (χ1v) is 6.80. The molecule has 6 nitrogen and oxygen atoms in total. The molecule has 1 aromatic carbocycles. The number of aromatic nitrogens is 2. The van der Waals surface area contributed by atoms with Crippen LogP contribution in [0.5, 0.6) is 0 Å². The maximum atomic E-state index is 13.5. The van der Waals surface area contributed by atoms with E-state index in [1.165, 1.54) is 12.1 Å². The largest absolute Gasteiger partial charge is 0.368 e. The van der Waals surface area contributed by atoms with Crippen LogP contribution in [0, 0.1) is 5.82 Å².